The second-order valence-corrected chi connectivity index (χ2v) is 6.19. The first kappa shape index (κ1) is 17.4. The lowest BCUT2D eigenvalue weighted by Crippen LogP contribution is -2.49. The van der Waals surface area contributed by atoms with Crippen molar-refractivity contribution >= 4 is 23.0 Å². The number of halogens is 1. The molecule has 0 radical (unpaired) electrons. The van der Waals surface area contributed by atoms with Crippen molar-refractivity contribution in [1.29, 1.82) is 0 Å². The van der Waals surface area contributed by atoms with Gasteiger partial charge >= 0.3 is 0 Å². The smallest absolute Gasteiger partial charge is 0.189 e. The Balaban J connectivity index is 1.80. The average molecular weight is 358 g/mol. The van der Waals surface area contributed by atoms with E-state index in [1.165, 1.54) is 12.1 Å². The van der Waals surface area contributed by atoms with E-state index < -0.39 is 0 Å². The average Bonchev–Trinajstić information content (AvgIpc) is 2.64. The van der Waals surface area contributed by atoms with Crippen molar-refractivity contribution in [1.82, 2.24) is 25.4 Å². The van der Waals surface area contributed by atoms with E-state index in [9.17, 15) is 4.39 Å². The van der Waals surface area contributed by atoms with Crippen LogP contribution in [0.2, 0.25) is 0 Å². The monoisotopic (exact) mass is 358 g/mol. The number of nitrogens with one attached hydrogen (secondary N) is 1. The Bertz CT molecular complexity index is 741. The van der Waals surface area contributed by atoms with Crippen molar-refractivity contribution in [2.24, 2.45) is 5.10 Å². The first-order valence-electron chi connectivity index (χ1n) is 7.97. The minimum atomic E-state index is -0.295. The molecule has 6 nitrogen and oxygen atoms in total. The van der Waals surface area contributed by atoms with Gasteiger partial charge in [0.25, 0.3) is 0 Å². The van der Waals surface area contributed by atoms with Crippen LogP contribution in [0.25, 0.3) is 0 Å². The zero-order valence-electron chi connectivity index (χ0n) is 13.9. The highest BCUT2D eigenvalue weighted by Crippen LogP contribution is 2.11. The van der Waals surface area contributed by atoms with Crippen molar-refractivity contribution < 1.29 is 4.39 Å². The predicted octanol–water partition coefficient (Wildman–Crippen LogP) is 1.49. The van der Waals surface area contributed by atoms with Crippen molar-refractivity contribution in [2.75, 3.05) is 33.2 Å². The van der Waals surface area contributed by atoms with Gasteiger partial charge in [-0.25, -0.2) is 4.39 Å². The molecule has 8 heteroatoms. The standard InChI is InChI=1S/C17H19FN6S/c1-23-8-10-24(11-9-23)17(25)22-21-16(14-6-7-19-20-12-14)13-2-4-15(18)5-3-13/h2-7,12H,8-11H2,1H3,(H,22,25). The van der Waals surface area contributed by atoms with Gasteiger partial charge in [-0.1, -0.05) is 0 Å². The third kappa shape index (κ3) is 4.55. The molecule has 0 atom stereocenters. The van der Waals surface area contributed by atoms with E-state index in [1.54, 1.807) is 30.6 Å². The Morgan fingerprint density at radius 1 is 1.08 bits per heavy atom. The number of piperazine rings is 1. The van der Waals surface area contributed by atoms with Crippen LogP contribution < -0.4 is 5.43 Å². The number of hydrogen-bond donors (Lipinski definition) is 1. The van der Waals surface area contributed by atoms with Crippen molar-refractivity contribution in [3.8, 4) is 0 Å². The normalized spacial score (nSPS) is 15.9. The SMILES string of the molecule is CN1CCN(C(=S)NN=C(c2ccc(F)cc2)c2ccnnc2)CC1. The summed E-state index contributed by atoms with van der Waals surface area (Å²) < 4.78 is 13.2. The third-order valence-corrected chi connectivity index (χ3v) is 4.38. The molecule has 1 saturated heterocycles. The molecular formula is C17H19FN6S. The molecule has 0 unspecified atom stereocenters. The fraction of sp³-hybridized carbons (Fsp3) is 0.294. The van der Waals surface area contributed by atoms with Crippen LogP contribution in [0.15, 0.2) is 47.8 Å². The first-order chi connectivity index (χ1) is 12.1. The maximum atomic E-state index is 13.2. The summed E-state index contributed by atoms with van der Waals surface area (Å²) in [7, 11) is 2.09. The van der Waals surface area contributed by atoms with Crippen molar-refractivity contribution in [3.63, 3.8) is 0 Å². The lowest BCUT2D eigenvalue weighted by molar-refractivity contribution is 0.214. The van der Waals surface area contributed by atoms with Gasteiger partial charge in [0, 0.05) is 37.3 Å². The van der Waals surface area contributed by atoms with E-state index in [4.69, 9.17) is 12.2 Å². The van der Waals surface area contributed by atoms with Gasteiger partial charge in [-0.15, -0.1) is 0 Å². The highest BCUT2D eigenvalue weighted by Gasteiger charge is 2.16. The predicted molar refractivity (Wildman–Crippen MR) is 98.9 cm³/mol. The van der Waals surface area contributed by atoms with Crippen molar-refractivity contribution in [2.45, 2.75) is 0 Å². The highest BCUT2D eigenvalue weighted by atomic mass is 32.1. The summed E-state index contributed by atoms with van der Waals surface area (Å²) in [6.07, 6.45) is 3.20. The summed E-state index contributed by atoms with van der Waals surface area (Å²) in [5.41, 5.74) is 5.13. The second-order valence-electron chi connectivity index (χ2n) is 5.81. The number of hydrogen-bond acceptors (Lipinski definition) is 5. The summed E-state index contributed by atoms with van der Waals surface area (Å²) in [5, 5.41) is 12.7. The summed E-state index contributed by atoms with van der Waals surface area (Å²) >= 11 is 5.45. The van der Waals surface area contributed by atoms with Crippen LogP contribution in [0, 0.1) is 5.82 Å². The molecular weight excluding hydrogens is 339 g/mol. The van der Waals surface area contributed by atoms with E-state index in [0.717, 1.165) is 37.3 Å². The summed E-state index contributed by atoms with van der Waals surface area (Å²) in [6, 6.07) is 7.96. The molecule has 0 spiro atoms. The fourth-order valence-corrected chi connectivity index (χ4v) is 2.75. The van der Waals surface area contributed by atoms with Crippen LogP contribution in [0.3, 0.4) is 0 Å². The molecule has 1 fully saturated rings. The van der Waals surface area contributed by atoms with Gasteiger partial charge in [-0.3, -0.25) is 5.43 Å². The number of rotatable bonds is 3. The van der Waals surface area contributed by atoms with E-state index in [1.807, 2.05) is 0 Å². The molecule has 1 aliphatic rings. The molecule has 1 aromatic carbocycles. The summed E-state index contributed by atoms with van der Waals surface area (Å²) in [6.45, 7) is 3.65. The molecule has 0 bridgehead atoms. The molecule has 0 aliphatic carbocycles. The Labute approximate surface area is 151 Å². The molecule has 130 valence electrons. The van der Waals surface area contributed by atoms with E-state index in [-0.39, 0.29) is 5.82 Å². The van der Waals surface area contributed by atoms with Crippen molar-refractivity contribution in [3.05, 3.63) is 59.7 Å². The van der Waals surface area contributed by atoms with E-state index >= 15 is 0 Å². The van der Waals surface area contributed by atoms with Gasteiger partial charge in [0.05, 0.1) is 18.1 Å². The Hall–Kier alpha value is -2.45. The van der Waals surface area contributed by atoms with Gasteiger partial charge in [-0.05, 0) is 49.6 Å². The zero-order chi connectivity index (χ0) is 17.6. The van der Waals surface area contributed by atoms with Crippen LogP contribution >= 0.6 is 12.2 Å². The molecule has 2 heterocycles. The quantitative estimate of drug-likeness (QED) is 0.510. The summed E-state index contributed by atoms with van der Waals surface area (Å²) in [5.74, 6) is -0.295. The zero-order valence-corrected chi connectivity index (χ0v) is 14.7. The topological polar surface area (TPSA) is 56.6 Å². The van der Waals surface area contributed by atoms with Crippen LogP contribution in [0.4, 0.5) is 4.39 Å². The van der Waals surface area contributed by atoms with Gasteiger partial charge in [0.2, 0.25) is 0 Å². The molecule has 0 saturated carbocycles. The largest absolute Gasteiger partial charge is 0.345 e. The highest BCUT2D eigenvalue weighted by molar-refractivity contribution is 7.80. The number of benzene rings is 1. The Kier molecular flexibility index (Phi) is 5.62. The maximum absolute atomic E-state index is 13.2. The van der Waals surface area contributed by atoms with Gasteiger partial charge in [0.1, 0.15) is 5.82 Å². The molecule has 1 aromatic heterocycles. The van der Waals surface area contributed by atoms with E-state index in [0.29, 0.717) is 10.8 Å². The van der Waals surface area contributed by atoms with Gasteiger partial charge < -0.3 is 9.80 Å². The Morgan fingerprint density at radius 2 is 1.80 bits per heavy atom. The first-order valence-corrected chi connectivity index (χ1v) is 8.38. The number of aromatic nitrogens is 2. The van der Waals surface area contributed by atoms with Crippen LogP contribution in [0.5, 0.6) is 0 Å². The lowest BCUT2D eigenvalue weighted by Gasteiger charge is -2.33. The number of likely N-dealkylation sites (N-methyl/N-ethyl adjacent to an activating group) is 1. The van der Waals surface area contributed by atoms with Gasteiger partial charge in [-0.2, -0.15) is 15.3 Å². The minimum absolute atomic E-state index is 0.295. The van der Waals surface area contributed by atoms with Crippen LogP contribution in [0.1, 0.15) is 11.1 Å². The molecule has 2 aromatic rings. The molecule has 1 aliphatic heterocycles. The van der Waals surface area contributed by atoms with E-state index in [2.05, 4.69) is 37.6 Å². The van der Waals surface area contributed by atoms with Crippen LogP contribution in [-0.2, 0) is 0 Å². The molecule has 25 heavy (non-hydrogen) atoms. The molecule has 3 rings (SSSR count). The maximum Gasteiger partial charge on any atom is 0.189 e. The number of hydrazone groups is 1. The summed E-state index contributed by atoms with van der Waals surface area (Å²) in [4.78, 5) is 4.35. The Morgan fingerprint density at radius 3 is 2.44 bits per heavy atom. The number of thiocarbonyl (C=S) groups is 1. The lowest BCUT2D eigenvalue weighted by atomic mass is 10.0. The third-order valence-electron chi connectivity index (χ3n) is 4.03. The second kappa shape index (κ2) is 8.09. The van der Waals surface area contributed by atoms with Crippen LogP contribution in [-0.4, -0.2) is 64.0 Å². The fourth-order valence-electron chi connectivity index (χ4n) is 2.52. The number of nitrogens with zero attached hydrogens (tertiary/aromatic N) is 5. The minimum Gasteiger partial charge on any atom is -0.345 e. The molecule has 1 N–H and O–H groups in total. The molecule has 0 amide bonds. The van der Waals surface area contributed by atoms with Gasteiger partial charge in [0.15, 0.2) is 5.11 Å².